The van der Waals surface area contributed by atoms with E-state index in [0.29, 0.717) is 4.68 Å². The number of halogens is 4. The van der Waals surface area contributed by atoms with Crippen LogP contribution < -0.4 is 10.3 Å². The minimum Gasteiger partial charge on any atom is -0.267 e. The number of sulfonamides is 1. The maximum Gasteiger partial charge on any atom is 0.401 e. The van der Waals surface area contributed by atoms with Gasteiger partial charge in [-0.05, 0) is 24.6 Å². The zero-order valence-corrected chi connectivity index (χ0v) is 16.2. The lowest BCUT2D eigenvalue weighted by atomic mass is 9.94. The number of benzene rings is 1. The number of nitrogens with one attached hydrogen (secondary N) is 1. The van der Waals surface area contributed by atoms with Crippen LogP contribution in [0.5, 0.6) is 0 Å². The highest BCUT2D eigenvalue weighted by Crippen LogP contribution is 2.41. The SMILES string of the molecule is CCNS(=O)(=O)c1c(C(c2ccc(Cl)cc2)C(F)(F)F)nn(C)c(=O)c1C. The molecule has 0 aliphatic rings. The Morgan fingerprint density at radius 3 is 2.30 bits per heavy atom. The van der Waals surface area contributed by atoms with Gasteiger partial charge in [0.2, 0.25) is 10.0 Å². The molecule has 1 unspecified atom stereocenters. The van der Waals surface area contributed by atoms with Crippen molar-refractivity contribution in [3.63, 3.8) is 0 Å². The second-order valence-electron chi connectivity index (χ2n) is 5.80. The third-order valence-electron chi connectivity index (χ3n) is 3.85. The summed E-state index contributed by atoms with van der Waals surface area (Å²) >= 11 is 5.74. The summed E-state index contributed by atoms with van der Waals surface area (Å²) in [4.78, 5) is 11.4. The highest BCUT2D eigenvalue weighted by Gasteiger charge is 2.46. The Balaban J connectivity index is 2.91. The molecule has 0 amide bonds. The summed E-state index contributed by atoms with van der Waals surface area (Å²) < 4.78 is 69.8. The van der Waals surface area contributed by atoms with Crippen LogP contribution in [0.3, 0.4) is 0 Å². The quantitative estimate of drug-likeness (QED) is 0.801. The van der Waals surface area contributed by atoms with Gasteiger partial charge in [-0.25, -0.2) is 17.8 Å². The van der Waals surface area contributed by atoms with Crippen LogP contribution in [0.15, 0.2) is 34.0 Å². The van der Waals surface area contributed by atoms with Gasteiger partial charge in [-0.2, -0.15) is 18.3 Å². The summed E-state index contributed by atoms with van der Waals surface area (Å²) in [5.41, 5.74) is -2.16. The van der Waals surface area contributed by atoms with E-state index in [9.17, 15) is 26.4 Å². The van der Waals surface area contributed by atoms with Gasteiger partial charge in [-0.3, -0.25) is 4.79 Å². The van der Waals surface area contributed by atoms with E-state index in [0.717, 1.165) is 26.1 Å². The predicted octanol–water partition coefficient (Wildman–Crippen LogP) is 2.73. The van der Waals surface area contributed by atoms with Gasteiger partial charge < -0.3 is 0 Å². The van der Waals surface area contributed by atoms with E-state index in [4.69, 9.17) is 11.6 Å². The van der Waals surface area contributed by atoms with Crippen LogP contribution in [-0.4, -0.2) is 30.9 Å². The number of hydrogen-bond donors (Lipinski definition) is 1. The smallest absolute Gasteiger partial charge is 0.267 e. The number of rotatable bonds is 5. The molecule has 0 aliphatic carbocycles. The Morgan fingerprint density at radius 1 is 1.26 bits per heavy atom. The topological polar surface area (TPSA) is 81.1 Å². The molecule has 2 aromatic rings. The van der Waals surface area contributed by atoms with Gasteiger partial charge in [-0.1, -0.05) is 30.7 Å². The van der Waals surface area contributed by atoms with E-state index in [1.807, 2.05) is 0 Å². The van der Waals surface area contributed by atoms with E-state index in [-0.39, 0.29) is 22.7 Å². The first kappa shape index (κ1) is 21.4. The lowest BCUT2D eigenvalue weighted by molar-refractivity contribution is -0.142. The Hall–Kier alpha value is -1.91. The van der Waals surface area contributed by atoms with Crippen molar-refractivity contribution >= 4 is 21.6 Å². The maximum atomic E-state index is 13.9. The highest BCUT2D eigenvalue weighted by molar-refractivity contribution is 7.89. The monoisotopic (exact) mass is 423 g/mol. The van der Waals surface area contributed by atoms with Crippen molar-refractivity contribution in [2.24, 2.45) is 7.05 Å². The summed E-state index contributed by atoms with van der Waals surface area (Å²) in [5.74, 6) is -2.36. The van der Waals surface area contributed by atoms with E-state index in [1.54, 1.807) is 0 Å². The standard InChI is InChI=1S/C16H17ClF3N3O3S/c1-4-21-27(25,26)14-9(2)15(24)23(3)22-13(14)12(16(18,19)20)10-5-7-11(17)8-6-10/h5-8,12,21H,4H2,1-3H3. The molecule has 1 heterocycles. The average Bonchev–Trinajstić information content (AvgIpc) is 2.53. The molecule has 1 aromatic heterocycles. The Morgan fingerprint density at radius 2 is 1.81 bits per heavy atom. The number of hydrogen-bond acceptors (Lipinski definition) is 4. The number of nitrogens with zero attached hydrogens (tertiary/aromatic N) is 2. The summed E-state index contributed by atoms with van der Waals surface area (Å²) in [7, 11) is -3.22. The van der Waals surface area contributed by atoms with Crippen LogP contribution in [0.25, 0.3) is 0 Å². The van der Waals surface area contributed by atoms with Crippen LogP contribution in [-0.2, 0) is 17.1 Å². The molecule has 0 spiro atoms. The van der Waals surface area contributed by atoms with Gasteiger partial charge in [0.25, 0.3) is 5.56 Å². The molecule has 1 aromatic carbocycles. The molecule has 6 nitrogen and oxygen atoms in total. The van der Waals surface area contributed by atoms with Crippen LogP contribution in [0.2, 0.25) is 5.02 Å². The lowest BCUT2D eigenvalue weighted by Crippen LogP contribution is -2.35. The molecule has 11 heteroatoms. The van der Waals surface area contributed by atoms with Gasteiger partial charge in [0.15, 0.2) is 0 Å². The summed E-state index contributed by atoms with van der Waals surface area (Å²) in [6.45, 7) is 2.57. The minimum absolute atomic E-state index is 0.0615. The van der Waals surface area contributed by atoms with Crippen molar-refractivity contribution in [3.8, 4) is 0 Å². The van der Waals surface area contributed by atoms with Gasteiger partial charge >= 0.3 is 6.18 Å². The molecule has 0 radical (unpaired) electrons. The third-order valence-corrected chi connectivity index (χ3v) is 5.83. The van der Waals surface area contributed by atoms with Crippen molar-refractivity contribution < 1.29 is 21.6 Å². The van der Waals surface area contributed by atoms with E-state index in [1.165, 1.54) is 19.1 Å². The fraction of sp³-hybridized carbons (Fsp3) is 0.375. The van der Waals surface area contributed by atoms with Gasteiger partial charge in [-0.15, -0.1) is 0 Å². The molecule has 0 fully saturated rings. The summed E-state index contributed by atoms with van der Waals surface area (Å²) in [6.07, 6.45) is -4.86. The fourth-order valence-corrected chi connectivity index (χ4v) is 4.31. The van der Waals surface area contributed by atoms with Crippen molar-refractivity contribution in [3.05, 3.63) is 56.5 Å². The second kappa shape index (κ2) is 7.61. The molecule has 27 heavy (non-hydrogen) atoms. The van der Waals surface area contributed by atoms with E-state index in [2.05, 4.69) is 9.82 Å². The summed E-state index contributed by atoms with van der Waals surface area (Å²) in [6, 6.07) is 4.82. The Bertz CT molecular complexity index is 1000. The van der Waals surface area contributed by atoms with E-state index >= 15 is 0 Å². The van der Waals surface area contributed by atoms with Crippen LogP contribution in [0, 0.1) is 6.92 Å². The predicted molar refractivity (Wildman–Crippen MR) is 94.4 cm³/mol. The average molecular weight is 424 g/mol. The molecule has 1 atom stereocenters. The largest absolute Gasteiger partial charge is 0.401 e. The van der Waals surface area contributed by atoms with Crippen LogP contribution in [0.1, 0.15) is 29.7 Å². The zero-order chi connectivity index (χ0) is 20.6. The normalized spacial score (nSPS) is 13.6. The van der Waals surface area contributed by atoms with Crippen molar-refractivity contribution in [1.82, 2.24) is 14.5 Å². The van der Waals surface area contributed by atoms with Crippen molar-refractivity contribution in [2.45, 2.75) is 30.8 Å². The molecule has 0 aliphatic heterocycles. The number of aryl methyl sites for hydroxylation is 1. The van der Waals surface area contributed by atoms with Gasteiger partial charge in [0.1, 0.15) is 10.8 Å². The minimum atomic E-state index is -4.86. The first-order chi connectivity index (χ1) is 12.4. The molecule has 0 saturated heterocycles. The maximum absolute atomic E-state index is 13.9. The third kappa shape index (κ3) is 4.33. The number of alkyl halides is 3. The van der Waals surface area contributed by atoms with Gasteiger partial charge in [0, 0.05) is 24.2 Å². The highest BCUT2D eigenvalue weighted by atomic mass is 35.5. The molecule has 2 rings (SSSR count). The molecule has 0 bridgehead atoms. The van der Waals surface area contributed by atoms with Crippen LogP contribution >= 0.6 is 11.6 Å². The van der Waals surface area contributed by atoms with Gasteiger partial charge in [0.05, 0.1) is 5.69 Å². The Labute approximate surface area is 159 Å². The first-order valence-corrected chi connectivity index (χ1v) is 9.66. The Kier molecular flexibility index (Phi) is 6.03. The van der Waals surface area contributed by atoms with Crippen molar-refractivity contribution in [1.29, 1.82) is 0 Å². The molecular weight excluding hydrogens is 407 g/mol. The molecule has 148 valence electrons. The second-order valence-corrected chi connectivity index (χ2v) is 7.94. The first-order valence-electron chi connectivity index (χ1n) is 7.79. The lowest BCUT2D eigenvalue weighted by Gasteiger charge is -2.24. The van der Waals surface area contributed by atoms with Crippen molar-refractivity contribution in [2.75, 3.05) is 6.54 Å². The van der Waals surface area contributed by atoms with Crippen LogP contribution in [0.4, 0.5) is 13.2 Å². The summed E-state index contributed by atoms with van der Waals surface area (Å²) in [5, 5.41) is 3.91. The molecule has 1 N–H and O–H groups in total. The fourth-order valence-electron chi connectivity index (χ4n) is 2.73. The zero-order valence-electron chi connectivity index (χ0n) is 14.6. The van der Waals surface area contributed by atoms with E-state index < -0.39 is 38.3 Å². The number of aromatic nitrogens is 2. The molecule has 0 saturated carbocycles. The molecular formula is C16H17ClF3N3O3S.